The maximum atomic E-state index is 11.6. The van der Waals surface area contributed by atoms with E-state index in [1.165, 1.54) is 6.42 Å². The molecule has 6 heteroatoms. The Morgan fingerprint density at radius 3 is 2.47 bits per heavy atom. The van der Waals surface area contributed by atoms with Gasteiger partial charge in [0.05, 0.1) is 0 Å². The van der Waals surface area contributed by atoms with E-state index in [1.807, 2.05) is 0 Å². The molecule has 0 atom stereocenters. The summed E-state index contributed by atoms with van der Waals surface area (Å²) in [5.41, 5.74) is 7.76. The van der Waals surface area contributed by atoms with Crippen LogP contribution < -0.4 is 11.2 Å². The van der Waals surface area contributed by atoms with E-state index in [0.29, 0.717) is 13.0 Å². The van der Waals surface area contributed by atoms with Gasteiger partial charge in [0.15, 0.2) is 6.61 Å². The van der Waals surface area contributed by atoms with Crippen LogP contribution in [0.5, 0.6) is 0 Å². The Kier molecular flexibility index (Phi) is 5.37. The minimum atomic E-state index is -1.11. The van der Waals surface area contributed by atoms with Gasteiger partial charge in [-0.15, -0.1) is 0 Å². The van der Waals surface area contributed by atoms with Gasteiger partial charge in [-0.25, -0.2) is 10.3 Å². The zero-order valence-electron chi connectivity index (χ0n) is 9.91. The van der Waals surface area contributed by atoms with Crippen molar-refractivity contribution in [1.82, 2.24) is 5.48 Å². The molecule has 0 saturated heterocycles. The Labute approximate surface area is 100 Å². The summed E-state index contributed by atoms with van der Waals surface area (Å²) < 4.78 is 0. The lowest BCUT2D eigenvalue weighted by Crippen LogP contribution is -2.39. The first-order valence-electron chi connectivity index (χ1n) is 5.90. The molecule has 4 N–H and O–H groups in total. The third kappa shape index (κ3) is 4.70. The van der Waals surface area contributed by atoms with Gasteiger partial charge in [-0.1, -0.05) is 19.3 Å². The second kappa shape index (κ2) is 6.56. The van der Waals surface area contributed by atoms with Crippen molar-refractivity contribution >= 4 is 11.9 Å². The van der Waals surface area contributed by atoms with Crippen LogP contribution in [0, 0.1) is 5.41 Å². The van der Waals surface area contributed by atoms with Crippen LogP contribution in [0.3, 0.4) is 0 Å². The lowest BCUT2D eigenvalue weighted by molar-refractivity contribution is -0.150. The van der Waals surface area contributed by atoms with Crippen LogP contribution in [0.1, 0.15) is 38.5 Å². The number of amides is 1. The first-order chi connectivity index (χ1) is 8.08. The van der Waals surface area contributed by atoms with Gasteiger partial charge in [-0.3, -0.25) is 9.63 Å². The molecule has 1 aliphatic carbocycles. The number of hydroxylamine groups is 1. The first-order valence-corrected chi connectivity index (χ1v) is 5.90. The Bertz CT molecular complexity index is 275. The normalized spacial score (nSPS) is 18.6. The van der Waals surface area contributed by atoms with E-state index in [9.17, 15) is 9.59 Å². The van der Waals surface area contributed by atoms with Crippen molar-refractivity contribution in [2.45, 2.75) is 38.5 Å². The Morgan fingerprint density at radius 2 is 1.94 bits per heavy atom. The number of carbonyl (C=O) groups excluding carboxylic acids is 1. The molecule has 17 heavy (non-hydrogen) atoms. The maximum Gasteiger partial charge on any atom is 0.332 e. The average molecular weight is 244 g/mol. The number of nitrogens with two attached hydrogens (primary N) is 1. The fourth-order valence-electron chi connectivity index (χ4n) is 2.31. The fraction of sp³-hybridized carbons (Fsp3) is 0.818. The summed E-state index contributed by atoms with van der Waals surface area (Å²) in [6.07, 6.45) is 5.61. The summed E-state index contributed by atoms with van der Waals surface area (Å²) >= 11 is 0. The van der Waals surface area contributed by atoms with E-state index >= 15 is 0 Å². The largest absolute Gasteiger partial charge is 0.479 e. The molecule has 0 aromatic carbocycles. The molecule has 1 amide bonds. The predicted octanol–water partition coefficient (Wildman–Crippen LogP) is 0.418. The number of nitrogens with one attached hydrogen (secondary N) is 1. The highest BCUT2D eigenvalue weighted by Gasteiger charge is 2.32. The molecule has 6 nitrogen and oxygen atoms in total. The number of carboxylic acids is 1. The molecule has 1 rings (SSSR count). The maximum absolute atomic E-state index is 11.6. The fourth-order valence-corrected chi connectivity index (χ4v) is 2.31. The number of hydrogen-bond acceptors (Lipinski definition) is 4. The minimum absolute atomic E-state index is 0.130. The monoisotopic (exact) mass is 244 g/mol. The van der Waals surface area contributed by atoms with Gasteiger partial charge in [-0.2, -0.15) is 0 Å². The van der Waals surface area contributed by atoms with Crippen LogP contribution in [0.4, 0.5) is 0 Å². The van der Waals surface area contributed by atoms with E-state index in [-0.39, 0.29) is 11.3 Å². The Balaban J connectivity index is 2.34. The average Bonchev–Trinajstić information content (AvgIpc) is 2.29. The molecule has 0 aromatic heterocycles. The molecular weight excluding hydrogens is 224 g/mol. The van der Waals surface area contributed by atoms with Crippen LogP contribution in [0.25, 0.3) is 0 Å². The summed E-state index contributed by atoms with van der Waals surface area (Å²) in [5, 5.41) is 8.35. The van der Waals surface area contributed by atoms with Crippen LogP contribution in [0.2, 0.25) is 0 Å². The highest BCUT2D eigenvalue weighted by Crippen LogP contribution is 2.38. The number of hydrogen-bond donors (Lipinski definition) is 3. The van der Waals surface area contributed by atoms with E-state index in [0.717, 1.165) is 25.7 Å². The Hall–Kier alpha value is -1.14. The number of aliphatic carboxylic acids is 1. The highest BCUT2D eigenvalue weighted by atomic mass is 16.7. The van der Waals surface area contributed by atoms with Gasteiger partial charge in [0.2, 0.25) is 5.91 Å². The van der Waals surface area contributed by atoms with E-state index in [1.54, 1.807) is 0 Å². The summed E-state index contributed by atoms with van der Waals surface area (Å²) in [5.74, 6) is -1.41. The van der Waals surface area contributed by atoms with Gasteiger partial charge in [0.25, 0.3) is 0 Å². The van der Waals surface area contributed by atoms with Gasteiger partial charge in [0, 0.05) is 6.42 Å². The molecule has 1 fully saturated rings. The summed E-state index contributed by atoms with van der Waals surface area (Å²) in [6.45, 7) is -0.0410. The third-order valence-electron chi connectivity index (χ3n) is 3.26. The molecule has 0 bridgehead atoms. The van der Waals surface area contributed by atoms with Gasteiger partial charge >= 0.3 is 5.97 Å². The van der Waals surface area contributed by atoms with E-state index in [2.05, 4.69) is 10.3 Å². The van der Waals surface area contributed by atoms with E-state index in [4.69, 9.17) is 10.8 Å². The molecule has 0 heterocycles. The molecule has 0 radical (unpaired) electrons. The molecule has 0 aromatic rings. The highest BCUT2D eigenvalue weighted by molar-refractivity contribution is 5.76. The zero-order valence-corrected chi connectivity index (χ0v) is 9.91. The summed E-state index contributed by atoms with van der Waals surface area (Å²) in [6, 6.07) is 0. The van der Waals surface area contributed by atoms with Crippen LogP contribution in [-0.4, -0.2) is 30.1 Å². The smallest absolute Gasteiger partial charge is 0.332 e. The number of rotatable bonds is 6. The van der Waals surface area contributed by atoms with Crippen molar-refractivity contribution in [1.29, 1.82) is 0 Å². The van der Waals surface area contributed by atoms with Gasteiger partial charge in [-0.05, 0) is 24.8 Å². The number of carboxylic acid groups (broad SMARTS) is 1. The van der Waals surface area contributed by atoms with Crippen LogP contribution in [-0.2, 0) is 14.4 Å². The lowest BCUT2D eigenvalue weighted by atomic mass is 9.72. The molecule has 0 aliphatic heterocycles. The molecule has 98 valence electrons. The molecular formula is C11H20N2O4. The van der Waals surface area contributed by atoms with E-state index < -0.39 is 12.6 Å². The lowest BCUT2D eigenvalue weighted by Gasteiger charge is -2.35. The Morgan fingerprint density at radius 1 is 1.29 bits per heavy atom. The molecule has 0 unspecified atom stereocenters. The van der Waals surface area contributed by atoms with Crippen LogP contribution >= 0.6 is 0 Å². The summed E-state index contributed by atoms with van der Waals surface area (Å²) in [4.78, 5) is 26.3. The van der Waals surface area contributed by atoms with Crippen molar-refractivity contribution in [3.63, 3.8) is 0 Å². The predicted molar refractivity (Wildman–Crippen MR) is 60.9 cm³/mol. The molecule has 1 aliphatic rings. The summed E-state index contributed by atoms with van der Waals surface area (Å²) in [7, 11) is 0. The molecule has 0 spiro atoms. The van der Waals surface area contributed by atoms with Gasteiger partial charge < -0.3 is 10.8 Å². The van der Waals surface area contributed by atoms with Crippen LogP contribution in [0.15, 0.2) is 0 Å². The topological polar surface area (TPSA) is 102 Å². The van der Waals surface area contributed by atoms with Crippen molar-refractivity contribution in [2.24, 2.45) is 11.1 Å². The quantitative estimate of drug-likeness (QED) is 0.588. The van der Waals surface area contributed by atoms with Crippen molar-refractivity contribution in [2.75, 3.05) is 13.2 Å². The SMILES string of the molecule is NCC1(CC(=O)NOCC(=O)O)CCCCC1. The van der Waals surface area contributed by atoms with Gasteiger partial charge in [0.1, 0.15) is 0 Å². The third-order valence-corrected chi connectivity index (χ3v) is 3.26. The van der Waals surface area contributed by atoms with Crippen molar-refractivity contribution in [3.05, 3.63) is 0 Å². The standard InChI is InChI=1S/C11H20N2O4/c12-8-11(4-2-1-3-5-11)6-9(14)13-17-7-10(15)16/h1-8,12H2,(H,13,14)(H,15,16). The second-order valence-electron chi connectivity index (χ2n) is 4.65. The van der Waals surface area contributed by atoms with Crippen molar-refractivity contribution < 1.29 is 19.5 Å². The first kappa shape index (κ1) is 13.9. The zero-order chi connectivity index (χ0) is 12.7. The second-order valence-corrected chi connectivity index (χ2v) is 4.65. The minimum Gasteiger partial charge on any atom is -0.479 e. The van der Waals surface area contributed by atoms with Crippen molar-refractivity contribution in [3.8, 4) is 0 Å². The number of carbonyl (C=O) groups is 2. The molecule has 1 saturated carbocycles.